The van der Waals surface area contributed by atoms with Gasteiger partial charge in [-0.2, -0.15) is 0 Å². The van der Waals surface area contributed by atoms with E-state index in [1.807, 2.05) is 0 Å². The summed E-state index contributed by atoms with van der Waals surface area (Å²) >= 11 is 0. The molecule has 0 saturated heterocycles. The van der Waals surface area contributed by atoms with Crippen molar-refractivity contribution in [2.45, 2.75) is 26.2 Å². The Morgan fingerprint density at radius 2 is 2.25 bits per heavy atom. The van der Waals surface area contributed by atoms with Crippen LogP contribution in [0.4, 0.5) is 0 Å². The minimum Gasteiger partial charge on any atom is -0.344 e. The Balaban J connectivity index is 0.000000490. The van der Waals surface area contributed by atoms with Crippen LogP contribution in [0.25, 0.3) is 0 Å². The molecule has 1 fully saturated rings. The molecule has 0 radical (unpaired) electrons. The third kappa shape index (κ3) is 1.66. The fraction of sp³-hybridized carbons (Fsp3) is 0.714. The van der Waals surface area contributed by atoms with Crippen LogP contribution in [0, 0.1) is 5.92 Å². The summed E-state index contributed by atoms with van der Waals surface area (Å²) in [6.07, 6.45) is 3.93. The molecule has 0 amide bonds. The van der Waals surface area contributed by atoms with Gasteiger partial charge in [-0.05, 0) is 25.2 Å². The zero-order valence-electron chi connectivity index (χ0n) is 5.61. The van der Waals surface area contributed by atoms with Gasteiger partial charge in [0.25, 0.3) is 0 Å². The fourth-order valence-electron chi connectivity index (χ4n) is 1.15. The van der Waals surface area contributed by atoms with E-state index < -0.39 is 0 Å². The van der Waals surface area contributed by atoms with Crippen LogP contribution in [0.2, 0.25) is 0 Å². The molecule has 0 aromatic rings. The molecular formula is C7H15N. The number of hydrogen-bond donors (Lipinski definition) is 1. The van der Waals surface area contributed by atoms with Crippen molar-refractivity contribution in [3.63, 3.8) is 0 Å². The SMILES string of the molecule is C=C1CCC(C)C1.N. The van der Waals surface area contributed by atoms with Gasteiger partial charge in [-0.1, -0.05) is 19.1 Å². The van der Waals surface area contributed by atoms with E-state index in [1.54, 1.807) is 0 Å². The summed E-state index contributed by atoms with van der Waals surface area (Å²) in [4.78, 5) is 0. The highest BCUT2D eigenvalue weighted by Crippen LogP contribution is 2.27. The smallest absolute Gasteiger partial charge is 0.0297 e. The van der Waals surface area contributed by atoms with E-state index in [1.165, 1.54) is 24.8 Å². The molecule has 0 aromatic carbocycles. The van der Waals surface area contributed by atoms with Gasteiger partial charge in [-0.25, -0.2) is 0 Å². The van der Waals surface area contributed by atoms with E-state index in [0.29, 0.717) is 0 Å². The second kappa shape index (κ2) is 2.88. The Hall–Kier alpha value is -0.300. The van der Waals surface area contributed by atoms with Crippen molar-refractivity contribution in [1.29, 1.82) is 0 Å². The van der Waals surface area contributed by atoms with Gasteiger partial charge in [0.15, 0.2) is 0 Å². The highest BCUT2D eigenvalue weighted by molar-refractivity contribution is 5.00. The highest BCUT2D eigenvalue weighted by Gasteiger charge is 2.11. The van der Waals surface area contributed by atoms with Crippen LogP contribution >= 0.6 is 0 Å². The molecule has 48 valence electrons. The minimum absolute atomic E-state index is 0. The molecule has 1 aliphatic carbocycles. The number of hydrogen-bond acceptors (Lipinski definition) is 1. The fourth-order valence-corrected chi connectivity index (χ4v) is 1.15. The largest absolute Gasteiger partial charge is 0.344 e. The molecule has 0 spiro atoms. The van der Waals surface area contributed by atoms with Crippen molar-refractivity contribution in [2.75, 3.05) is 0 Å². The predicted octanol–water partition coefficient (Wildman–Crippen LogP) is 2.52. The number of allylic oxidation sites excluding steroid dienone is 1. The van der Waals surface area contributed by atoms with Crippen LogP contribution in [-0.4, -0.2) is 0 Å². The Labute approximate surface area is 51.4 Å². The van der Waals surface area contributed by atoms with Gasteiger partial charge < -0.3 is 6.15 Å². The zero-order chi connectivity index (χ0) is 5.28. The van der Waals surface area contributed by atoms with Crippen LogP contribution in [0.3, 0.4) is 0 Å². The maximum atomic E-state index is 3.90. The maximum absolute atomic E-state index is 3.90. The average molecular weight is 113 g/mol. The predicted molar refractivity (Wildman–Crippen MR) is 37.2 cm³/mol. The first-order valence-electron chi connectivity index (χ1n) is 2.95. The summed E-state index contributed by atoms with van der Waals surface area (Å²) in [6, 6.07) is 0. The summed E-state index contributed by atoms with van der Waals surface area (Å²) in [5.74, 6) is 0.924. The van der Waals surface area contributed by atoms with Crippen LogP contribution in [0.1, 0.15) is 26.2 Å². The van der Waals surface area contributed by atoms with Crippen molar-refractivity contribution in [1.82, 2.24) is 6.15 Å². The molecule has 1 aliphatic rings. The Morgan fingerprint density at radius 1 is 1.62 bits per heavy atom. The van der Waals surface area contributed by atoms with Crippen molar-refractivity contribution >= 4 is 0 Å². The summed E-state index contributed by atoms with van der Waals surface area (Å²) < 4.78 is 0. The van der Waals surface area contributed by atoms with Crippen molar-refractivity contribution < 1.29 is 0 Å². The van der Waals surface area contributed by atoms with Gasteiger partial charge in [0.1, 0.15) is 0 Å². The normalized spacial score (nSPS) is 27.6. The molecule has 0 bridgehead atoms. The molecule has 1 heteroatoms. The standard InChI is InChI=1S/C7H12.H3N/c1-6-3-4-7(2)5-6;/h7H,1,3-5H2,2H3;1H3. The first-order chi connectivity index (χ1) is 3.29. The lowest BCUT2D eigenvalue weighted by Crippen LogP contribution is -1.79. The van der Waals surface area contributed by atoms with E-state index in [4.69, 9.17) is 0 Å². The average Bonchev–Trinajstić information content (AvgIpc) is 1.87. The van der Waals surface area contributed by atoms with Gasteiger partial charge >= 0.3 is 0 Å². The molecule has 1 unspecified atom stereocenters. The van der Waals surface area contributed by atoms with Gasteiger partial charge in [0, 0.05) is 0 Å². The third-order valence-corrected chi connectivity index (χ3v) is 1.63. The Morgan fingerprint density at radius 3 is 2.38 bits per heavy atom. The maximum Gasteiger partial charge on any atom is -0.0297 e. The highest BCUT2D eigenvalue weighted by atomic mass is 14.2. The lowest BCUT2D eigenvalue weighted by atomic mass is 10.1. The molecule has 0 aliphatic heterocycles. The van der Waals surface area contributed by atoms with Crippen molar-refractivity contribution in [3.8, 4) is 0 Å². The van der Waals surface area contributed by atoms with Crippen LogP contribution in [0.5, 0.6) is 0 Å². The summed E-state index contributed by atoms with van der Waals surface area (Å²) in [6.45, 7) is 6.19. The van der Waals surface area contributed by atoms with Crippen molar-refractivity contribution in [3.05, 3.63) is 12.2 Å². The van der Waals surface area contributed by atoms with Gasteiger partial charge in [0.2, 0.25) is 0 Å². The topological polar surface area (TPSA) is 35.0 Å². The molecule has 1 saturated carbocycles. The van der Waals surface area contributed by atoms with Crippen molar-refractivity contribution in [2.24, 2.45) is 5.92 Å². The monoisotopic (exact) mass is 113 g/mol. The molecule has 3 N–H and O–H groups in total. The van der Waals surface area contributed by atoms with E-state index in [9.17, 15) is 0 Å². The van der Waals surface area contributed by atoms with Gasteiger partial charge in [0.05, 0.1) is 0 Å². The minimum atomic E-state index is 0. The van der Waals surface area contributed by atoms with Gasteiger partial charge in [-0.3, -0.25) is 0 Å². The molecule has 8 heavy (non-hydrogen) atoms. The Bertz CT molecular complexity index is 86.4. The van der Waals surface area contributed by atoms with Gasteiger partial charge in [-0.15, -0.1) is 0 Å². The quantitative estimate of drug-likeness (QED) is 0.481. The summed E-state index contributed by atoms with van der Waals surface area (Å²) in [7, 11) is 0. The number of rotatable bonds is 0. The summed E-state index contributed by atoms with van der Waals surface area (Å²) in [5, 5.41) is 0. The van der Waals surface area contributed by atoms with E-state index in [-0.39, 0.29) is 6.15 Å². The molecule has 1 rings (SSSR count). The lowest BCUT2D eigenvalue weighted by molar-refractivity contribution is 0.620. The first-order valence-corrected chi connectivity index (χ1v) is 2.95. The van der Waals surface area contributed by atoms with Crippen LogP contribution in [0.15, 0.2) is 12.2 Å². The second-order valence-electron chi connectivity index (χ2n) is 2.60. The third-order valence-electron chi connectivity index (χ3n) is 1.63. The molecule has 1 nitrogen and oxygen atoms in total. The molecular weight excluding hydrogens is 98.1 g/mol. The Kier molecular flexibility index (Phi) is 2.77. The van der Waals surface area contributed by atoms with E-state index in [0.717, 1.165) is 5.92 Å². The molecule has 0 aromatic heterocycles. The lowest BCUT2D eigenvalue weighted by Gasteiger charge is -1.92. The summed E-state index contributed by atoms with van der Waals surface area (Å²) in [5.41, 5.74) is 1.45. The molecule has 1 atom stereocenters. The molecule has 0 heterocycles. The second-order valence-corrected chi connectivity index (χ2v) is 2.60. The van der Waals surface area contributed by atoms with E-state index in [2.05, 4.69) is 13.5 Å². The zero-order valence-corrected chi connectivity index (χ0v) is 5.61. The van der Waals surface area contributed by atoms with Crippen LogP contribution in [-0.2, 0) is 0 Å². The van der Waals surface area contributed by atoms with E-state index >= 15 is 0 Å². The van der Waals surface area contributed by atoms with Crippen LogP contribution < -0.4 is 6.15 Å². The first kappa shape index (κ1) is 7.70.